The van der Waals surface area contributed by atoms with Gasteiger partial charge in [0.05, 0.1) is 12.0 Å². The third-order valence-electron chi connectivity index (χ3n) is 4.33. The van der Waals surface area contributed by atoms with Crippen LogP contribution in [0.25, 0.3) is 17.1 Å². The molecule has 0 aliphatic rings. The predicted octanol–water partition coefficient (Wildman–Crippen LogP) is 4.97. The third kappa shape index (κ3) is 5.40. The second kappa shape index (κ2) is 10.2. The average Bonchev–Trinajstić information content (AvgIpc) is 3.23. The molecular formula is C23H17ClFN5OS. The molecule has 4 aromatic rings. The van der Waals surface area contributed by atoms with Crippen molar-refractivity contribution in [2.75, 3.05) is 5.75 Å². The zero-order chi connectivity index (χ0) is 22.3. The van der Waals surface area contributed by atoms with E-state index in [0.29, 0.717) is 21.6 Å². The second-order valence-electron chi connectivity index (χ2n) is 6.62. The molecule has 0 spiro atoms. The largest absolute Gasteiger partial charge is 0.272 e. The molecule has 1 N–H and O–H groups in total. The maximum Gasteiger partial charge on any atom is 0.250 e. The fourth-order valence-electron chi connectivity index (χ4n) is 2.89. The molecule has 9 heteroatoms. The Kier molecular flexibility index (Phi) is 6.94. The van der Waals surface area contributed by atoms with Crippen molar-refractivity contribution in [3.8, 4) is 17.1 Å². The van der Waals surface area contributed by atoms with E-state index in [1.165, 1.54) is 30.1 Å². The molecule has 32 heavy (non-hydrogen) atoms. The quantitative estimate of drug-likeness (QED) is 0.237. The number of nitrogens with zero attached hydrogens (tertiary/aromatic N) is 4. The maximum absolute atomic E-state index is 13.2. The van der Waals surface area contributed by atoms with Crippen LogP contribution in [0.1, 0.15) is 5.56 Å². The molecule has 1 amide bonds. The van der Waals surface area contributed by atoms with Gasteiger partial charge in [0.1, 0.15) is 5.82 Å². The SMILES string of the molecule is O=C(CSc1nnc(-c2ccc(Cl)cc2)n1-c1ccccc1)NN=Cc1cccc(F)c1. The number of nitrogens with one attached hydrogen (secondary N) is 1. The first kappa shape index (κ1) is 21.7. The van der Waals surface area contributed by atoms with E-state index in [0.717, 1.165) is 11.3 Å². The van der Waals surface area contributed by atoms with E-state index in [1.54, 1.807) is 24.3 Å². The van der Waals surface area contributed by atoms with Crippen LogP contribution < -0.4 is 5.43 Å². The highest BCUT2D eigenvalue weighted by Gasteiger charge is 2.17. The van der Waals surface area contributed by atoms with Gasteiger partial charge in [0.25, 0.3) is 5.91 Å². The van der Waals surface area contributed by atoms with Gasteiger partial charge in [-0.15, -0.1) is 10.2 Å². The van der Waals surface area contributed by atoms with E-state index in [4.69, 9.17) is 11.6 Å². The first-order valence-corrected chi connectivity index (χ1v) is 10.9. The summed E-state index contributed by atoms with van der Waals surface area (Å²) in [7, 11) is 0. The van der Waals surface area contributed by atoms with Crippen LogP contribution in [0.15, 0.2) is 89.1 Å². The number of hydrogen-bond acceptors (Lipinski definition) is 5. The first-order chi connectivity index (χ1) is 15.6. The summed E-state index contributed by atoms with van der Waals surface area (Å²) in [6.45, 7) is 0. The maximum atomic E-state index is 13.2. The smallest absolute Gasteiger partial charge is 0.250 e. The number of rotatable bonds is 7. The monoisotopic (exact) mass is 465 g/mol. The molecule has 1 aromatic heterocycles. The predicted molar refractivity (Wildman–Crippen MR) is 125 cm³/mol. The Bertz CT molecular complexity index is 1240. The van der Waals surface area contributed by atoms with Crippen LogP contribution in [-0.4, -0.2) is 32.6 Å². The number of hydrogen-bond donors (Lipinski definition) is 1. The van der Waals surface area contributed by atoms with Crippen molar-refractivity contribution in [2.24, 2.45) is 5.10 Å². The molecule has 6 nitrogen and oxygen atoms in total. The Morgan fingerprint density at radius 1 is 1.06 bits per heavy atom. The highest BCUT2D eigenvalue weighted by atomic mass is 35.5. The number of carbonyl (C=O) groups excluding carboxylic acids is 1. The van der Waals surface area contributed by atoms with E-state index in [-0.39, 0.29) is 17.5 Å². The van der Waals surface area contributed by atoms with Crippen LogP contribution in [0.4, 0.5) is 4.39 Å². The number of halogens is 2. The highest BCUT2D eigenvalue weighted by molar-refractivity contribution is 7.99. The van der Waals surface area contributed by atoms with Crippen molar-refractivity contribution >= 4 is 35.5 Å². The summed E-state index contributed by atoms with van der Waals surface area (Å²) in [5.41, 5.74) is 4.71. The molecule has 0 bridgehead atoms. The van der Waals surface area contributed by atoms with E-state index in [9.17, 15) is 9.18 Å². The molecule has 1 heterocycles. The Balaban J connectivity index is 1.49. The van der Waals surface area contributed by atoms with E-state index in [1.807, 2.05) is 47.0 Å². The summed E-state index contributed by atoms with van der Waals surface area (Å²) < 4.78 is 15.1. The number of carbonyl (C=O) groups is 1. The zero-order valence-electron chi connectivity index (χ0n) is 16.7. The Morgan fingerprint density at radius 2 is 1.84 bits per heavy atom. The van der Waals surface area contributed by atoms with Gasteiger partial charge in [-0.1, -0.05) is 53.7 Å². The van der Waals surface area contributed by atoms with Gasteiger partial charge in [0, 0.05) is 16.3 Å². The molecule has 0 saturated carbocycles. The topological polar surface area (TPSA) is 72.2 Å². The average molecular weight is 466 g/mol. The van der Waals surface area contributed by atoms with Crippen LogP contribution in [-0.2, 0) is 4.79 Å². The van der Waals surface area contributed by atoms with Crippen LogP contribution in [0.5, 0.6) is 0 Å². The van der Waals surface area contributed by atoms with Gasteiger partial charge in [-0.25, -0.2) is 9.82 Å². The number of amides is 1. The number of benzene rings is 3. The van der Waals surface area contributed by atoms with Gasteiger partial charge in [-0.05, 0) is 54.1 Å². The van der Waals surface area contributed by atoms with Gasteiger partial charge in [0.2, 0.25) is 0 Å². The zero-order valence-corrected chi connectivity index (χ0v) is 18.2. The van der Waals surface area contributed by atoms with Crippen molar-refractivity contribution in [3.63, 3.8) is 0 Å². The molecule has 0 unspecified atom stereocenters. The van der Waals surface area contributed by atoms with Crippen molar-refractivity contribution in [2.45, 2.75) is 5.16 Å². The molecule has 0 radical (unpaired) electrons. The first-order valence-electron chi connectivity index (χ1n) is 9.57. The summed E-state index contributed by atoms with van der Waals surface area (Å²) in [6, 6.07) is 22.9. The van der Waals surface area contributed by atoms with Crippen LogP contribution in [0, 0.1) is 5.82 Å². The lowest BCUT2D eigenvalue weighted by molar-refractivity contribution is -0.118. The number of thioether (sulfide) groups is 1. The summed E-state index contributed by atoms with van der Waals surface area (Å²) >= 11 is 7.25. The Morgan fingerprint density at radius 3 is 2.59 bits per heavy atom. The molecule has 3 aromatic carbocycles. The number of aromatic nitrogens is 3. The van der Waals surface area contributed by atoms with Crippen LogP contribution >= 0.6 is 23.4 Å². The molecule has 0 fully saturated rings. The minimum absolute atomic E-state index is 0.0755. The summed E-state index contributed by atoms with van der Waals surface area (Å²) in [4.78, 5) is 12.2. The second-order valence-corrected chi connectivity index (χ2v) is 8.00. The van der Waals surface area contributed by atoms with Gasteiger partial charge >= 0.3 is 0 Å². The normalized spacial score (nSPS) is 11.1. The fraction of sp³-hybridized carbons (Fsp3) is 0.0435. The van der Waals surface area contributed by atoms with E-state index in [2.05, 4.69) is 20.7 Å². The third-order valence-corrected chi connectivity index (χ3v) is 5.52. The lowest BCUT2D eigenvalue weighted by Gasteiger charge is -2.10. The van der Waals surface area contributed by atoms with Gasteiger partial charge < -0.3 is 0 Å². The summed E-state index contributed by atoms with van der Waals surface area (Å²) in [5, 5.41) is 13.7. The molecule has 160 valence electrons. The van der Waals surface area contributed by atoms with E-state index >= 15 is 0 Å². The molecule has 0 atom stereocenters. The van der Waals surface area contributed by atoms with Crippen molar-refractivity contribution in [1.29, 1.82) is 0 Å². The number of para-hydroxylation sites is 1. The molecule has 0 aliphatic heterocycles. The minimum atomic E-state index is -0.368. The van der Waals surface area contributed by atoms with Crippen molar-refractivity contribution < 1.29 is 9.18 Å². The number of hydrazone groups is 1. The van der Waals surface area contributed by atoms with Gasteiger partial charge in [-0.3, -0.25) is 9.36 Å². The lowest BCUT2D eigenvalue weighted by Crippen LogP contribution is -2.20. The summed E-state index contributed by atoms with van der Waals surface area (Å²) in [6.07, 6.45) is 1.39. The van der Waals surface area contributed by atoms with E-state index < -0.39 is 0 Å². The minimum Gasteiger partial charge on any atom is -0.272 e. The van der Waals surface area contributed by atoms with Crippen LogP contribution in [0.3, 0.4) is 0 Å². The van der Waals surface area contributed by atoms with Crippen LogP contribution in [0.2, 0.25) is 5.02 Å². The Labute approximate surface area is 193 Å². The molecule has 0 aliphatic carbocycles. The van der Waals surface area contributed by atoms with Gasteiger partial charge in [-0.2, -0.15) is 5.10 Å². The highest BCUT2D eigenvalue weighted by Crippen LogP contribution is 2.28. The summed E-state index contributed by atoms with van der Waals surface area (Å²) in [5.74, 6) is 0.0253. The Hall–Kier alpha value is -3.49. The van der Waals surface area contributed by atoms with Crippen molar-refractivity contribution in [1.82, 2.24) is 20.2 Å². The molecule has 0 saturated heterocycles. The standard InChI is InChI=1S/C23H17ClFN5OS/c24-18-11-9-17(10-12-18)22-28-29-23(30(22)20-7-2-1-3-8-20)32-15-21(31)27-26-14-16-5-4-6-19(25)13-16/h1-14H,15H2,(H,27,31). The van der Waals surface area contributed by atoms with Gasteiger partial charge in [0.15, 0.2) is 11.0 Å². The fourth-order valence-corrected chi connectivity index (χ4v) is 3.76. The molecule has 4 rings (SSSR count). The lowest BCUT2D eigenvalue weighted by atomic mass is 10.2. The van der Waals surface area contributed by atoms with Crippen molar-refractivity contribution in [3.05, 3.63) is 95.3 Å². The molecular weight excluding hydrogens is 449 g/mol.